The number of carbonyl (C=O) groups excluding carboxylic acids is 2. The van der Waals surface area contributed by atoms with Crippen molar-refractivity contribution < 1.29 is 22.7 Å². The number of hydrogen-bond donors (Lipinski definition) is 1. The number of aryl methyl sites for hydroxylation is 1. The first-order valence-corrected chi connectivity index (χ1v) is 10.6. The quantitative estimate of drug-likeness (QED) is 0.759. The minimum absolute atomic E-state index is 0.0400. The van der Waals surface area contributed by atoms with Crippen molar-refractivity contribution in [3.8, 4) is 0 Å². The Morgan fingerprint density at radius 3 is 2.68 bits per heavy atom. The van der Waals surface area contributed by atoms with Crippen LogP contribution >= 0.6 is 0 Å². The van der Waals surface area contributed by atoms with Gasteiger partial charge in [0.15, 0.2) is 0 Å². The molecule has 1 N–H and O–H groups in total. The van der Waals surface area contributed by atoms with Crippen LogP contribution in [0.5, 0.6) is 0 Å². The smallest absolute Gasteiger partial charge is 0.264 e. The maximum atomic E-state index is 13.1. The number of nitrogens with one attached hydrogen (secondary N) is 1. The van der Waals surface area contributed by atoms with E-state index in [4.69, 9.17) is 4.74 Å². The van der Waals surface area contributed by atoms with Crippen LogP contribution in [0.2, 0.25) is 0 Å². The molecule has 0 aromatic heterocycles. The second-order valence-corrected chi connectivity index (χ2v) is 8.87. The number of rotatable bonds is 6. The van der Waals surface area contributed by atoms with E-state index in [0.717, 1.165) is 22.7 Å². The number of methoxy groups -OCH3 is 1. The topological polar surface area (TPSA) is 96.0 Å². The second kappa shape index (κ2) is 8.32. The molecule has 8 nitrogen and oxygen atoms in total. The summed E-state index contributed by atoms with van der Waals surface area (Å²) in [6.07, 6.45) is 4.05. The third-order valence-corrected chi connectivity index (χ3v) is 6.88. The summed E-state index contributed by atoms with van der Waals surface area (Å²) >= 11 is 0. The average molecular weight is 407 g/mol. The summed E-state index contributed by atoms with van der Waals surface area (Å²) in [6, 6.07) is 5.22. The number of likely N-dealkylation sites (tertiary alicyclic amines) is 1. The van der Waals surface area contributed by atoms with E-state index in [1.807, 2.05) is 6.92 Å². The van der Waals surface area contributed by atoms with Crippen molar-refractivity contribution in [1.82, 2.24) is 14.5 Å². The fraction of sp³-hybridized carbons (Fsp3) is 0.474. The van der Waals surface area contributed by atoms with Crippen LogP contribution in [-0.2, 0) is 24.3 Å². The molecule has 1 fully saturated rings. The average Bonchev–Trinajstić information content (AvgIpc) is 3.12. The van der Waals surface area contributed by atoms with E-state index in [1.165, 1.54) is 24.5 Å². The van der Waals surface area contributed by atoms with Crippen LogP contribution in [0.15, 0.2) is 41.6 Å². The predicted octanol–water partition coefficient (Wildman–Crippen LogP) is 0.983. The van der Waals surface area contributed by atoms with Crippen LogP contribution in [0.1, 0.15) is 24.8 Å². The number of hydrogen-bond acceptors (Lipinski definition) is 5. The normalized spacial score (nSPS) is 22.4. The summed E-state index contributed by atoms with van der Waals surface area (Å²) in [4.78, 5) is 27.0. The molecule has 2 aliphatic heterocycles. The minimum atomic E-state index is -3.96. The first kappa shape index (κ1) is 20.3. The molecule has 9 heteroatoms. The summed E-state index contributed by atoms with van der Waals surface area (Å²) in [5.74, 6) is -0.770. The number of benzene rings is 1. The maximum Gasteiger partial charge on any atom is 0.264 e. The largest absolute Gasteiger partial charge is 0.383 e. The Hall–Kier alpha value is -2.39. The lowest BCUT2D eigenvalue weighted by molar-refractivity contribution is -0.137. The Labute approximate surface area is 165 Å². The SMILES string of the molecule is COCC1CCCN1C(=O)C[C@@H]1C(=O)NC=CN1S(=O)(=O)c1ccc(C)cc1. The predicted molar refractivity (Wildman–Crippen MR) is 103 cm³/mol. The Bertz CT molecular complexity index is 866. The molecule has 152 valence electrons. The molecule has 1 aromatic rings. The number of ether oxygens (including phenoxy) is 1. The van der Waals surface area contributed by atoms with Crippen LogP contribution < -0.4 is 5.32 Å². The monoisotopic (exact) mass is 407 g/mol. The van der Waals surface area contributed by atoms with Crippen LogP contribution in [0.4, 0.5) is 0 Å². The molecule has 0 radical (unpaired) electrons. The van der Waals surface area contributed by atoms with Gasteiger partial charge in [0.2, 0.25) is 11.8 Å². The molecule has 1 unspecified atom stereocenters. The summed E-state index contributed by atoms with van der Waals surface area (Å²) in [5, 5.41) is 2.51. The lowest BCUT2D eigenvalue weighted by Gasteiger charge is -2.33. The molecule has 0 aliphatic carbocycles. The van der Waals surface area contributed by atoms with Crippen molar-refractivity contribution in [1.29, 1.82) is 0 Å². The van der Waals surface area contributed by atoms with E-state index >= 15 is 0 Å². The Morgan fingerprint density at radius 1 is 1.29 bits per heavy atom. The van der Waals surface area contributed by atoms with Gasteiger partial charge in [-0.15, -0.1) is 0 Å². The van der Waals surface area contributed by atoms with E-state index in [-0.39, 0.29) is 23.3 Å². The summed E-state index contributed by atoms with van der Waals surface area (Å²) in [5.41, 5.74) is 0.927. The van der Waals surface area contributed by atoms with Gasteiger partial charge in [0, 0.05) is 26.1 Å². The van der Waals surface area contributed by atoms with E-state index in [1.54, 1.807) is 24.1 Å². The Balaban J connectivity index is 1.83. The van der Waals surface area contributed by atoms with Gasteiger partial charge in [-0.25, -0.2) is 8.42 Å². The van der Waals surface area contributed by atoms with E-state index in [2.05, 4.69) is 5.32 Å². The summed E-state index contributed by atoms with van der Waals surface area (Å²) in [7, 11) is -2.38. The van der Waals surface area contributed by atoms with Gasteiger partial charge >= 0.3 is 0 Å². The van der Waals surface area contributed by atoms with E-state index < -0.39 is 22.0 Å². The summed E-state index contributed by atoms with van der Waals surface area (Å²) in [6.45, 7) is 2.87. The molecular weight excluding hydrogens is 382 g/mol. The highest BCUT2D eigenvalue weighted by atomic mass is 32.2. The van der Waals surface area contributed by atoms with Gasteiger partial charge < -0.3 is 15.0 Å². The van der Waals surface area contributed by atoms with Gasteiger partial charge in [-0.2, -0.15) is 0 Å². The maximum absolute atomic E-state index is 13.1. The minimum Gasteiger partial charge on any atom is -0.383 e. The second-order valence-electron chi connectivity index (χ2n) is 7.03. The first-order chi connectivity index (χ1) is 13.3. The lowest BCUT2D eigenvalue weighted by Crippen LogP contribution is -2.52. The fourth-order valence-corrected chi connectivity index (χ4v) is 5.03. The highest BCUT2D eigenvalue weighted by molar-refractivity contribution is 7.89. The van der Waals surface area contributed by atoms with Crippen molar-refractivity contribution in [2.24, 2.45) is 0 Å². The molecule has 2 heterocycles. The van der Waals surface area contributed by atoms with Crippen molar-refractivity contribution in [2.75, 3.05) is 20.3 Å². The van der Waals surface area contributed by atoms with Gasteiger partial charge in [-0.1, -0.05) is 17.7 Å². The van der Waals surface area contributed by atoms with Crippen molar-refractivity contribution in [3.05, 3.63) is 42.2 Å². The first-order valence-electron chi connectivity index (χ1n) is 9.20. The molecule has 2 aliphatic rings. The molecule has 0 spiro atoms. The molecule has 0 saturated carbocycles. The molecule has 2 atom stereocenters. The van der Waals surface area contributed by atoms with Crippen molar-refractivity contribution >= 4 is 21.8 Å². The number of carbonyl (C=O) groups is 2. The third kappa shape index (κ3) is 4.05. The number of nitrogens with zero attached hydrogens (tertiary/aromatic N) is 2. The van der Waals surface area contributed by atoms with Crippen LogP contribution in [0, 0.1) is 6.92 Å². The standard InChI is InChI=1S/C19H25N3O5S/c1-14-5-7-16(8-6-14)28(25,26)22-11-9-20-19(24)17(22)12-18(23)21-10-3-4-15(21)13-27-2/h5-9,11,15,17H,3-4,10,12-13H2,1-2H3,(H,20,24)/t15?,17-/m1/s1. The summed E-state index contributed by atoms with van der Waals surface area (Å²) < 4.78 is 32.3. The van der Waals surface area contributed by atoms with Crippen LogP contribution in [-0.4, -0.2) is 61.8 Å². The van der Waals surface area contributed by atoms with Crippen molar-refractivity contribution in [3.63, 3.8) is 0 Å². The fourth-order valence-electron chi connectivity index (χ4n) is 3.58. The molecule has 3 rings (SSSR count). The third-order valence-electron chi connectivity index (χ3n) is 5.08. The molecule has 0 bridgehead atoms. The molecular formula is C19H25N3O5S. The molecule has 1 aromatic carbocycles. The number of sulfonamides is 1. The van der Waals surface area contributed by atoms with E-state index in [9.17, 15) is 18.0 Å². The van der Waals surface area contributed by atoms with Crippen LogP contribution in [0.25, 0.3) is 0 Å². The highest BCUT2D eigenvalue weighted by Crippen LogP contribution is 2.25. The van der Waals surface area contributed by atoms with Gasteiger partial charge in [0.1, 0.15) is 6.04 Å². The Morgan fingerprint density at radius 2 is 2.00 bits per heavy atom. The molecule has 2 amide bonds. The zero-order chi connectivity index (χ0) is 20.3. The molecule has 28 heavy (non-hydrogen) atoms. The van der Waals surface area contributed by atoms with Gasteiger partial charge in [0.25, 0.3) is 10.0 Å². The van der Waals surface area contributed by atoms with Gasteiger partial charge in [-0.05, 0) is 31.9 Å². The highest BCUT2D eigenvalue weighted by Gasteiger charge is 2.39. The van der Waals surface area contributed by atoms with Crippen molar-refractivity contribution in [2.45, 2.75) is 43.2 Å². The zero-order valence-corrected chi connectivity index (χ0v) is 16.8. The lowest BCUT2D eigenvalue weighted by atomic mass is 10.1. The van der Waals surface area contributed by atoms with Gasteiger partial charge in [0.05, 0.1) is 24.0 Å². The number of amides is 2. The van der Waals surface area contributed by atoms with Gasteiger partial charge in [-0.3, -0.25) is 13.9 Å². The zero-order valence-electron chi connectivity index (χ0n) is 16.0. The molecule has 1 saturated heterocycles. The van der Waals surface area contributed by atoms with E-state index in [0.29, 0.717) is 13.2 Å². The Kier molecular flexibility index (Phi) is 6.04. The van der Waals surface area contributed by atoms with Crippen LogP contribution in [0.3, 0.4) is 0 Å².